The zero-order valence-electron chi connectivity index (χ0n) is 8.77. The fraction of sp³-hybridized carbons (Fsp3) is 0.800. The van der Waals surface area contributed by atoms with Crippen molar-refractivity contribution in [2.45, 2.75) is 41.0 Å². The first kappa shape index (κ1) is 11.8. The van der Waals surface area contributed by atoms with Gasteiger partial charge < -0.3 is 0 Å². The summed E-state index contributed by atoms with van der Waals surface area (Å²) in [5.41, 5.74) is 0.496. The second kappa shape index (κ2) is 4.18. The Kier molecular flexibility index (Phi) is 4.13. The highest BCUT2D eigenvalue weighted by atomic mass is 31.1. The fourth-order valence-electron chi connectivity index (χ4n) is 1.69. The van der Waals surface area contributed by atoms with E-state index in [1.54, 1.807) is 5.82 Å². The SMILES string of the molecule is CC(C)(C)CC(C)(C)C=C[PH+]=O. The van der Waals surface area contributed by atoms with Crippen molar-refractivity contribution in [2.75, 3.05) is 0 Å². The van der Waals surface area contributed by atoms with E-state index in [0.29, 0.717) is 5.41 Å². The Morgan fingerprint density at radius 1 is 1.17 bits per heavy atom. The van der Waals surface area contributed by atoms with E-state index in [1.807, 2.05) is 6.08 Å². The number of hydrogen-bond acceptors (Lipinski definition) is 1. The third-order valence-electron chi connectivity index (χ3n) is 1.59. The summed E-state index contributed by atoms with van der Waals surface area (Å²) in [5, 5.41) is 0. The third-order valence-corrected chi connectivity index (χ3v) is 1.89. The average molecular weight is 187 g/mol. The maximum atomic E-state index is 10.3. The molecule has 2 heteroatoms. The number of hydrogen-bond donors (Lipinski definition) is 0. The van der Waals surface area contributed by atoms with E-state index in [9.17, 15) is 4.57 Å². The van der Waals surface area contributed by atoms with Gasteiger partial charge in [0.05, 0.1) is 0 Å². The molecule has 0 aliphatic carbocycles. The van der Waals surface area contributed by atoms with E-state index in [-0.39, 0.29) is 13.9 Å². The second-order valence-electron chi connectivity index (χ2n) is 5.18. The van der Waals surface area contributed by atoms with Crippen LogP contribution in [0.3, 0.4) is 0 Å². The van der Waals surface area contributed by atoms with Gasteiger partial charge in [-0.1, -0.05) is 39.2 Å². The van der Waals surface area contributed by atoms with Crippen molar-refractivity contribution in [2.24, 2.45) is 10.8 Å². The Hall–Kier alpha value is -0.160. The topological polar surface area (TPSA) is 17.1 Å². The molecule has 1 atom stereocenters. The summed E-state index contributed by atoms with van der Waals surface area (Å²) in [6, 6.07) is 0. The summed E-state index contributed by atoms with van der Waals surface area (Å²) in [7, 11) is -0.313. The molecule has 1 unspecified atom stereocenters. The summed E-state index contributed by atoms with van der Waals surface area (Å²) in [4.78, 5) is 0. The molecular formula is C10H20OP+. The van der Waals surface area contributed by atoms with Crippen LogP contribution < -0.4 is 0 Å². The van der Waals surface area contributed by atoms with Crippen molar-refractivity contribution >= 4 is 8.46 Å². The van der Waals surface area contributed by atoms with Crippen molar-refractivity contribution in [1.82, 2.24) is 0 Å². The Bertz CT molecular complexity index is 175. The fourth-order valence-corrected chi connectivity index (χ4v) is 2.20. The maximum absolute atomic E-state index is 10.3. The van der Waals surface area contributed by atoms with E-state index < -0.39 is 0 Å². The molecule has 0 fully saturated rings. The lowest BCUT2D eigenvalue weighted by Crippen LogP contribution is -2.18. The zero-order chi connectivity index (χ0) is 9.83. The van der Waals surface area contributed by atoms with Crippen LogP contribution in [0.15, 0.2) is 11.9 Å². The van der Waals surface area contributed by atoms with Crippen LogP contribution >= 0.6 is 8.46 Å². The van der Waals surface area contributed by atoms with E-state index in [4.69, 9.17) is 0 Å². The Morgan fingerprint density at radius 2 is 1.67 bits per heavy atom. The maximum Gasteiger partial charge on any atom is 0.355 e. The first-order valence-corrected chi connectivity index (χ1v) is 5.31. The van der Waals surface area contributed by atoms with Gasteiger partial charge in [0.1, 0.15) is 5.82 Å². The molecule has 0 aromatic rings. The molecule has 0 aliphatic rings. The van der Waals surface area contributed by atoms with Crippen LogP contribution in [0.5, 0.6) is 0 Å². The van der Waals surface area contributed by atoms with Gasteiger partial charge in [0, 0.05) is 0 Å². The van der Waals surface area contributed by atoms with Crippen LogP contribution in [0.1, 0.15) is 41.0 Å². The van der Waals surface area contributed by atoms with Crippen molar-refractivity contribution in [1.29, 1.82) is 0 Å². The van der Waals surface area contributed by atoms with Crippen molar-refractivity contribution in [3.63, 3.8) is 0 Å². The summed E-state index contributed by atoms with van der Waals surface area (Å²) in [6.07, 6.45) is 3.16. The van der Waals surface area contributed by atoms with Gasteiger partial charge in [-0.25, -0.2) is 0 Å². The lowest BCUT2D eigenvalue weighted by molar-refractivity contribution is 0.262. The number of allylic oxidation sites excluding steroid dienone is 1. The van der Waals surface area contributed by atoms with Crippen LogP contribution in [0.2, 0.25) is 0 Å². The Balaban J connectivity index is 4.22. The highest BCUT2D eigenvalue weighted by Gasteiger charge is 2.23. The van der Waals surface area contributed by atoms with Gasteiger partial charge in [0.25, 0.3) is 0 Å². The quantitative estimate of drug-likeness (QED) is 0.610. The minimum absolute atomic E-state index is 0.162. The Labute approximate surface area is 77.5 Å². The summed E-state index contributed by atoms with van der Waals surface area (Å²) in [5.74, 6) is 1.74. The molecular weight excluding hydrogens is 167 g/mol. The normalized spacial score (nSPS) is 14.4. The van der Waals surface area contributed by atoms with Gasteiger partial charge in [-0.05, 0) is 23.3 Å². The van der Waals surface area contributed by atoms with Crippen LogP contribution in [0, 0.1) is 10.8 Å². The first-order chi connectivity index (χ1) is 5.27. The summed E-state index contributed by atoms with van der Waals surface area (Å²) in [6.45, 7) is 11.0. The van der Waals surface area contributed by atoms with Crippen LogP contribution in [-0.4, -0.2) is 0 Å². The van der Waals surface area contributed by atoms with Crippen LogP contribution in [-0.2, 0) is 4.57 Å². The molecule has 1 nitrogen and oxygen atoms in total. The lowest BCUT2D eigenvalue weighted by Gasteiger charge is -2.28. The van der Waals surface area contributed by atoms with Crippen molar-refractivity contribution in [3.05, 3.63) is 11.9 Å². The smallest absolute Gasteiger partial charge is 0.0714 e. The lowest BCUT2D eigenvalue weighted by atomic mass is 9.76. The molecule has 0 aliphatic heterocycles. The molecule has 70 valence electrons. The van der Waals surface area contributed by atoms with E-state index in [1.165, 1.54) is 0 Å². The molecule has 0 spiro atoms. The van der Waals surface area contributed by atoms with E-state index >= 15 is 0 Å². The van der Waals surface area contributed by atoms with E-state index in [2.05, 4.69) is 34.6 Å². The third kappa shape index (κ3) is 6.54. The molecule has 0 aromatic heterocycles. The van der Waals surface area contributed by atoms with Gasteiger partial charge in [0.2, 0.25) is 0 Å². The van der Waals surface area contributed by atoms with Crippen LogP contribution in [0.4, 0.5) is 0 Å². The minimum Gasteiger partial charge on any atom is -0.0714 e. The molecule has 0 heterocycles. The predicted molar refractivity (Wildman–Crippen MR) is 56.0 cm³/mol. The monoisotopic (exact) mass is 187 g/mol. The first-order valence-electron chi connectivity index (χ1n) is 4.32. The predicted octanol–water partition coefficient (Wildman–Crippen LogP) is 3.99. The molecule has 0 aromatic carbocycles. The molecule has 0 saturated heterocycles. The van der Waals surface area contributed by atoms with Crippen molar-refractivity contribution in [3.8, 4) is 0 Å². The molecule has 0 amide bonds. The van der Waals surface area contributed by atoms with Gasteiger partial charge >= 0.3 is 8.46 Å². The molecule has 0 saturated carbocycles. The second-order valence-corrected chi connectivity index (χ2v) is 5.75. The molecule has 12 heavy (non-hydrogen) atoms. The molecule has 0 bridgehead atoms. The molecule has 0 rings (SSSR count). The standard InChI is InChI=1S/C10H19OP/c1-9(2,3)8-10(4,5)6-7-12-11/h6-7H,8H2,1-5H3/p+1. The van der Waals surface area contributed by atoms with Gasteiger partial charge in [-0.3, -0.25) is 0 Å². The highest BCUT2D eigenvalue weighted by molar-refractivity contribution is 7.27. The zero-order valence-corrected chi connectivity index (χ0v) is 9.77. The van der Waals surface area contributed by atoms with Gasteiger partial charge in [-0.15, -0.1) is 0 Å². The highest BCUT2D eigenvalue weighted by Crippen LogP contribution is 2.34. The number of rotatable bonds is 3. The summed E-state index contributed by atoms with van der Waals surface area (Å²) >= 11 is 0. The minimum atomic E-state index is -0.313. The molecule has 0 radical (unpaired) electrons. The largest absolute Gasteiger partial charge is 0.355 e. The van der Waals surface area contributed by atoms with Gasteiger partial charge in [0.15, 0.2) is 0 Å². The van der Waals surface area contributed by atoms with Gasteiger partial charge in [-0.2, -0.15) is 0 Å². The average Bonchev–Trinajstić information content (AvgIpc) is 1.78. The van der Waals surface area contributed by atoms with E-state index in [0.717, 1.165) is 6.42 Å². The summed E-state index contributed by atoms with van der Waals surface area (Å²) < 4.78 is 10.3. The van der Waals surface area contributed by atoms with Crippen molar-refractivity contribution < 1.29 is 4.57 Å². The Morgan fingerprint density at radius 3 is 2.00 bits per heavy atom. The molecule has 0 N–H and O–H groups in total. The van der Waals surface area contributed by atoms with Crippen LogP contribution in [0.25, 0.3) is 0 Å².